The van der Waals surface area contributed by atoms with Crippen molar-refractivity contribution in [2.75, 3.05) is 41.3 Å². The van der Waals surface area contributed by atoms with E-state index in [0.29, 0.717) is 0 Å². The number of nitrogens with zero attached hydrogens (tertiary/aromatic N) is 4. The second kappa shape index (κ2) is 7.99. The van der Waals surface area contributed by atoms with Gasteiger partial charge in [-0.1, -0.05) is 0 Å². The highest BCUT2D eigenvalue weighted by Gasteiger charge is 2.11. The Morgan fingerprint density at radius 1 is 1.00 bits per heavy atom. The molecule has 0 spiro atoms. The molecule has 3 rings (SSSR count). The molecule has 1 aliphatic heterocycles. The largest absolute Gasteiger partial charge is 0.372 e. The van der Waals surface area contributed by atoms with Crippen LogP contribution in [0.1, 0.15) is 33.1 Å². The number of anilines is 4. The quantitative estimate of drug-likeness (QED) is 0.868. The first-order valence-corrected chi connectivity index (χ1v) is 8.99. The number of aromatic nitrogens is 2. The summed E-state index contributed by atoms with van der Waals surface area (Å²) in [6, 6.07) is 10.7. The van der Waals surface area contributed by atoms with Gasteiger partial charge in [0.15, 0.2) is 0 Å². The topological polar surface area (TPSA) is 44.3 Å². The van der Waals surface area contributed by atoms with Crippen LogP contribution in [0.3, 0.4) is 0 Å². The molecule has 0 radical (unpaired) electrons. The third-order valence-electron chi connectivity index (χ3n) is 4.60. The zero-order valence-electron chi connectivity index (χ0n) is 14.7. The summed E-state index contributed by atoms with van der Waals surface area (Å²) in [5, 5.41) is 3.38. The molecule has 0 aliphatic carbocycles. The molecule has 2 aromatic rings. The minimum atomic E-state index is 0.831. The van der Waals surface area contributed by atoms with Crippen LogP contribution in [-0.2, 0) is 0 Å². The van der Waals surface area contributed by atoms with Gasteiger partial charge in [-0.2, -0.15) is 0 Å². The van der Waals surface area contributed by atoms with Crippen molar-refractivity contribution in [2.45, 2.75) is 33.1 Å². The molecule has 1 aromatic heterocycles. The van der Waals surface area contributed by atoms with Crippen LogP contribution < -0.4 is 15.1 Å². The summed E-state index contributed by atoms with van der Waals surface area (Å²) in [5.74, 6) is 1.79. The highest BCUT2D eigenvalue weighted by atomic mass is 15.2. The summed E-state index contributed by atoms with van der Waals surface area (Å²) in [4.78, 5) is 13.4. The summed E-state index contributed by atoms with van der Waals surface area (Å²) in [7, 11) is 0. The van der Waals surface area contributed by atoms with Crippen LogP contribution in [0.25, 0.3) is 0 Å². The van der Waals surface area contributed by atoms with Crippen molar-refractivity contribution in [3.8, 4) is 0 Å². The maximum absolute atomic E-state index is 4.37. The molecular weight excluding hydrogens is 298 g/mol. The molecule has 0 unspecified atom stereocenters. The zero-order chi connectivity index (χ0) is 16.8. The molecule has 1 saturated heterocycles. The second-order valence-corrected chi connectivity index (χ2v) is 6.15. The van der Waals surface area contributed by atoms with Gasteiger partial charge in [0.2, 0.25) is 0 Å². The minimum Gasteiger partial charge on any atom is -0.372 e. The molecule has 2 heterocycles. The predicted octanol–water partition coefficient (Wildman–Crippen LogP) is 4.06. The first-order valence-electron chi connectivity index (χ1n) is 8.99. The summed E-state index contributed by atoms with van der Waals surface area (Å²) in [6.45, 7) is 8.50. The standard InChI is InChI=1S/C19H27N5/c1-3-23(4-2)19-14-18(20-15-21-19)22-16-8-10-17(11-9-16)24-12-6-5-7-13-24/h8-11,14-15H,3-7,12-13H2,1-2H3,(H,20,21,22). The zero-order valence-corrected chi connectivity index (χ0v) is 14.7. The van der Waals surface area contributed by atoms with Gasteiger partial charge in [-0.05, 0) is 57.4 Å². The predicted molar refractivity (Wildman–Crippen MR) is 101 cm³/mol. The van der Waals surface area contributed by atoms with Gasteiger partial charge in [0, 0.05) is 43.6 Å². The molecule has 24 heavy (non-hydrogen) atoms. The number of piperidine rings is 1. The van der Waals surface area contributed by atoms with Crippen molar-refractivity contribution in [3.05, 3.63) is 36.7 Å². The van der Waals surface area contributed by atoms with Crippen molar-refractivity contribution < 1.29 is 0 Å². The van der Waals surface area contributed by atoms with E-state index in [2.05, 4.69) is 63.2 Å². The molecular formula is C19H27N5. The second-order valence-electron chi connectivity index (χ2n) is 6.15. The molecule has 0 atom stereocenters. The summed E-state index contributed by atoms with van der Waals surface area (Å²) in [6.07, 6.45) is 5.58. The van der Waals surface area contributed by atoms with Crippen LogP contribution in [0.5, 0.6) is 0 Å². The van der Waals surface area contributed by atoms with E-state index >= 15 is 0 Å². The number of hydrogen-bond acceptors (Lipinski definition) is 5. The van der Waals surface area contributed by atoms with Crippen LogP contribution in [0.4, 0.5) is 23.0 Å². The monoisotopic (exact) mass is 325 g/mol. The Kier molecular flexibility index (Phi) is 5.51. The van der Waals surface area contributed by atoms with Crippen molar-refractivity contribution in [2.24, 2.45) is 0 Å². The Labute approximate surface area is 144 Å². The van der Waals surface area contributed by atoms with Crippen molar-refractivity contribution in [1.82, 2.24) is 9.97 Å². The van der Waals surface area contributed by atoms with Gasteiger partial charge < -0.3 is 15.1 Å². The van der Waals surface area contributed by atoms with E-state index in [1.54, 1.807) is 6.33 Å². The van der Waals surface area contributed by atoms with Gasteiger partial charge in [-0.15, -0.1) is 0 Å². The lowest BCUT2D eigenvalue weighted by atomic mass is 10.1. The maximum atomic E-state index is 4.37. The molecule has 0 bridgehead atoms. The SMILES string of the molecule is CCN(CC)c1cc(Nc2ccc(N3CCCCC3)cc2)ncn1. The molecule has 0 saturated carbocycles. The Balaban J connectivity index is 1.68. The van der Waals surface area contributed by atoms with Crippen LogP contribution >= 0.6 is 0 Å². The fourth-order valence-electron chi connectivity index (χ4n) is 3.19. The van der Waals surface area contributed by atoms with Crippen molar-refractivity contribution >= 4 is 23.0 Å². The smallest absolute Gasteiger partial charge is 0.135 e. The van der Waals surface area contributed by atoms with Crippen LogP contribution in [0.15, 0.2) is 36.7 Å². The number of nitrogens with one attached hydrogen (secondary N) is 1. The van der Waals surface area contributed by atoms with Gasteiger partial charge in [-0.25, -0.2) is 9.97 Å². The lowest BCUT2D eigenvalue weighted by Gasteiger charge is -2.28. The Hall–Kier alpha value is -2.30. The average Bonchev–Trinajstić information content (AvgIpc) is 2.64. The molecule has 1 fully saturated rings. The molecule has 0 amide bonds. The number of hydrogen-bond donors (Lipinski definition) is 1. The average molecular weight is 325 g/mol. The van der Waals surface area contributed by atoms with E-state index in [9.17, 15) is 0 Å². The van der Waals surface area contributed by atoms with Crippen LogP contribution in [0.2, 0.25) is 0 Å². The van der Waals surface area contributed by atoms with E-state index < -0.39 is 0 Å². The molecule has 1 N–H and O–H groups in total. The highest BCUT2D eigenvalue weighted by molar-refractivity contribution is 5.62. The van der Waals surface area contributed by atoms with Gasteiger partial charge in [0.05, 0.1) is 0 Å². The molecule has 5 nitrogen and oxygen atoms in total. The fourth-order valence-corrected chi connectivity index (χ4v) is 3.19. The minimum absolute atomic E-state index is 0.831. The third-order valence-corrected chi connectivity index (χ3v) is 4.60. The lowest BCUT2D eigenvalue weighted by Crippen LogP contribution is -2.29. The number of benzene rings is 1. The van der Waals surface area contributed by atoms with Gasteiger partial charge >= 0.3 is 0 Å². The highest BCUT2D eigenvalue weighted by Crippen LogP contribution is 2.24. The van der Waals surface area contributed by atoms with Crippen LogP contribution in [0, 0.1) is 0 Å². The van der Waals surface area contributed by atoms with E-state index in [0.717, 1.165) is 30.4 Å². The molecule has 1 aliphatic rings. The Bertz CT molecular complexity index is 630. The number of rotatable bonds is 6. The Morgan fingerprint density at radius 2 is 1.71 bits per heavy atom. The lowest BCUT2D eigenvalue weighted by molar-refractivity contribution is 0.578. The molecule has 5 heteroatoms. The van der Waals surface area contributed by atoms with E-state index in [4.69, 9.17) is 0 Å². The van der Waals surface area contributed by atoms with Crippen molar-refractivity contribution in [1.29, 1.82) is 0 Å². The normalized spacial score (nSPS) is 14.5. The van der Waals surface area contributed by atoms with E-state index in [1.165, 1.54) is 38.0 Å². The third kappa shape index (κ3) is 3.96. The van der Waals surface area contributed by atoms with Crippen molar-refractivity contribution in [3.63, 3.8) is 0 Å². The summed E-state index contributed by atoms with van der Waals surface area (Å²) in [5.41, 5.74) is 2.37. The van der Waals surface area contributed by atoms with Gasteiger partial charge in [0.25, 0.3) is 0 Å². The van der Waals surface area contributed by atoms with Crippen LogP contribution in [-0.4, -0.2) is 36.1 Å². The van der Waals surface area contributed by atoms with Gasteiger partial charge in [0.1, 0.15) is 18.0 Å². The van der Waals surface area contributed by atoms with Gasteiger partial charge in [-0.3, -0.25) is 0 Å². The molecule has 1 aromatic carbocycles. The fraction of sp³-hybridized carbons (Fsp3) is 0.474. The first kappa shape index (κ1) is 16.6. The first-order chi connectivity index (χ1) is 11.8. The summed E-state index contributed by atoms with van der Waals surface area (Å²) >= 11 is 0. The van der Waals surface area contributed by atoms with E-state index in [-0.39, 0.29) is 0 Å². The maximum Gasteiger partial charge on any atom is 0.135 e. The summed E-state index contributed by atoms with van der Waals surface area (Å²) < 4.78 is 0. The van der Waals surface area contributed by atoms with E-state index in [1.807, 2.05) is 6.07 Å². The molecule has 128 valence electrons. The Morgan fingerprint density at radius 3 is 2.38 bits per heavy atom.